The maximum absolute atomic E-state index is 13.6. The lowest BCUT2D eigenvalue weighted by Crippen LogP contribution is -2.31. The number of rotatable bonds is 7. The van der Waals surface area contributed by atoms with Crippen molar-refractivity contribution < 1.29 is 12.8 Å². The van der Waals surface area contributed by atoms with Crippen LogP contribution in [0.2, 0.25) is 0 Å². The lowest BCUT2D eigenvalue weighted by Gasteiger charge is -2.20. The molecule has 0 aliphatic rings. The van der Waals surface area contributed by atoms with Gasteiger partial charge in [-0.3, -0.25) is 0 Å². The number of sulfonamides is 1. The molecule has 0 saturated carbocycles. The van der Waals surface area contributed by atoms with Crippen LogP contribution in [0.1, 0.15) is 20.3 Å². The summed E-state index contributed by atoms with van der Waals surface area (Å²) in [6.07, 6.45) is 0.657. The van der Waals surface area contributed by atoms with Crippen molar-refractivity contribution in [3.63, 3.8) is 0 Å². The van der Waals surface area contributed by atoms with Gasteiger partial charge in [0.1, 0.15) is 10.7 Å². The lowest BCUT2D eigenvalue weighted by molar-refractivity contribution is 0.271. The number of anilines is 1. The molecule has 3 N–H and O–H groups in total. The van der Waals surface area contributed by atoms with Crippen molar-refractivity contribution in [3.05, 3.63) is 24.0 Å². The van der Waals surface area contributed by atoms with Gasteiger partial charge in [0.05, 0.1) is 0 Å². The van der Waals surface area contributed by atoms with E-state index in [9.17, 15) is 12.8 Å². The van der Waals surface area contributed by atoms with E-state index in [1.807, 2.05) is 7.05 Å². The first-order valence-electron chi connectivity index (χ1n) is 6.49. The summed E-state index contributed by atoms with van der Waals surface area (Å²) in [5.74, 6) is -0.836. The fourth-order valence-electron chi connectivity index (χ4n) is 1.61. The zero-order chi connectivity index (χ0) is 15.3. The third kappa shape index (κ3) is 4.73. The highest BCUT2D eigenvalue weighted by molar-refractivity contribution is 7.89. The van der Waals surface area contributed by atoms with Crippen molar-refractivity contribution in [1.82, 2.24) is 9.62 Å². The molecule has 0 aromatic heterocycles. The van der Waals surface area contributed by atoms with E-state index < -0.39 is 15.8 Å². The fraction of sp³-hybridized carbons (Fsp3) is 0.538. The summed E-state index contributed by atoms with van der Waals surface area (Å²) in [5.41, 5.74) is 5.59. The monoisotopic (exact) mass is 303 g/mol. The van der Waals surface area contributed by atoms with E-state index in [0.717, 1.165) is 12.6 Å². The molecule has 0 aliphatic carbocycles. The maximum Gasteiger partial charge on any atom is 0.243 e. The van der Waals surface area contributed by atoms with E-state index in [1.54, 1.807) is 0 Å². The number of nitrogen functional groups attached to an aromatic ring is 1. The first-order valence-corrected chi connectivity index (χ1v) is 7.97. The number of nitrogens with zero attached hydrogens (tertiary/aromatic N) is 1. The Kier molecular flexibility index (Phi) is 5.91. The summed E-state index contributed by atoms with van der Waals surface area (Å²) in [4.78, 5) is 1.74. The number of hydrogen-bond acceptors (Lipinski definition) is 4. The van der Waals surface area contributed by atoms with E-state index in [2.05, 4.69) is 23.5 Å². The number of nitrogens with two attached hydrogens (primary N) is 1. The van der Waals surface area contributed by atoms with E-state index in [0.29, 0.717) is 12.5 Å². The van der Waals surface area contributed by atoms with Gasteiger partial charge in [-0.05, 0) is 52.1 Å². The zero-order valence-corrected chi connectivity index (χ0v) is 12.9. The van der Waals surface area contributed by atoms with Crippen LogP contribution in [-0.2, 0) is 10.0 Å². The van der Waals surface area contributed by atoms with Crippen LogP contribution in [0.4, 0.5) is 10.1 Å². The summed E-state index contributed by atoms with van der Waals surface area (Å²) < 4.78 is 39.9. The van der Waals surface area contributed by atoms with E-state index in [-0.39, 0.29) is 17.1 Å². The average Bonchev–Trinajstić information content (AvgIpc) is 2.33. The number of nitrogens with one attached hydrogen (secondary N) is 1. The van der Waals surface area contributed by atoms with Gasteiger partial charge in [0.2, 0.25) is 10.0 Å². The molecule has 1 rings (SSSR count). The summed E-state index contributed by atoms with van der Waals surface area (Å²) >= 11 is 0. The lowest BCUT2D eigenvalue weighted by atomic mass is 10.3. The first-order chi connectivity index (χ1) is 9.24. The molecule has 0 bridgehead atoms. The normalized spacial score (nSPS) is 12.3. The van der Waals surface area contributed by atoms with Crippen molar-refractivity contribution in [2.75, 3.05) is 25.9 Å². The molecule has 0 radical (unpaired) electrons. The Morgan fingerprint density at radius 1 is 1.40 bits per heavy atom. The molecular weight excluding hydrogens is 281 g/mol. The summed E-state index contributed by atoms with van der Waals surface area (Å²) in [6.45, 7) is 5.16. The highest BCUT2D eigenvalue weighted by Gasteiger charge is 2.18. The molecular formula is C13H22FN3O2S. The van der Waals surface area contributed by atoms with Gasteiger partial charge in [-0.2, -0.15) is 0 Å². The second-order valence-electron chi connectivity index (χ2n) is 5.02. The second-order valence-corrected chi connectivity index (χ2v) is 6.75. The molecule has 0 atom stereocenters. The smallest absolute Gasteiger partial charge is 0.243 e. The fourth-order valence-corrected chi connectivity index (χ4v) is 2.74. The van der Waals surface area contributed by atoms with Gasteiger partial charge in [-0.25, -0.2) is 17.5 Å². The highest BCUT2D eigenvalue weighted by Crippen LogP contribution is 2.16. The van der Waals surface area contributed by atoms with Crippen LogP contribution in [0.5, 0.6) is 0 Å². The van der Waals surface area contributed by atoms with Crippen LogP contribution in [0.15, 0.2) is 23.1 Å². The molecule has 20 heavy (non-hydrogen) atoms. The van der Waals surface area contributed by atoms with Crippen molar-refractivity contribution in [1.29, 1.82) is 0 Å². The van der Waals surface area contributed by atoms with Crippen molar-refractivity contribution in [3.8, 4) is 0 Å². The molecule has 7 heteroatoms. The molecule has 1 aromatic carbocycles. The molecule has 0 unspecified atom stereocenters. The van der Waals surface area contributed by atoms with Gasteiger partial charge < -0.3 is 10.6 Å². The molecule has 0 heterocycles. The Hall–Kier alpha value is -1.18. The van der Waals surface area contributed by atoms with Crippen LogP contribution in [0, 0.1) is 5.82 Å². The van der Waals surface area contributed by atoms with Crippen LogP contribution in [-0.4, -0.2) is 39.5 Å². The molecule has 1 aromatic rings. The zero-order valence-electron chi connectivity index (χ0n) is 12.1. The Morgan fingerprint density at radius 3 is 2.60 bits per heavy atom. The number of hydrogen-bond donors (Lipinski definition) is 2. The quantitative estimate of drug-likeness (QED) is 0.590. The van der Waals surface area contributed by atoms with Gasteiger partial charge in [0, 0.05) is 18.3 Å². The van der Waals surface area contributed by atoms with E-state index in [4.69, 9.17) is 5.73 Å². The third-order valence-corrected chi connectivity index (χ3v) is 4.60. The molecule has 114 valence electrons. The van der Waals surface area contributed by atoms with Gasteiger partial charge in [0.15, 0.2) is 0 Å². The Balaban J connectivity index is 2.58. The molecule has 0 saturated heterocycles. The van der Waals surface area contributed by atoms with Gasteiger partial charge in [-0.15, -0.1) is 0 Å². The largest absolute Gasteiger partial charge is 0.399 e. The van der Waals surface area contributed by atoms with Crippen LogP contribution in [0.25, 0.3) is 0 Å². The minimum atomic E-state index is -3.82. The molecule has 0 fully saturated rings. The maximum atomic E-state index is 13.6. The third-order valence-electron chi connectivity index (χ3n) is 3.11. The van der Waals surface area contributed by atoms with Crippen LogP contribution >= 0.6 is 0 Å². The predicted octanol–water partition coefficient (Wildman–Crippen LogP) is 1.42. The van der Waals surface area contributed by atoms with Crippen molar-refractivity contribution >= 4 is 15.7 Å². The summed E-state index contributed by atoms with van der Waals surface area (Å²) in [5, 5.41) is 0. The van der Waals surface area contributed by atoms with Gasteiger partial charge in [0.25, 0.3) is 0 Å². The summed E-state index contributed by atoms with van der Waals surface area (Å²) in [6, 6.07) is 3.94. The highest BCUT2D eigenvalue weighted by atomic mass is 32.2. The molecule has 0 amide bonds. The van der Waals surface area contributed by atoms with Crippen LogP contribution in [0.3, 0.4) is 0 Å². The minimum absolute atomic E-state index is 0.194. The minimum Gasteiger partial charge on any atom is -0.399 e. The van der Waals surface area contributed by atoms with Crippen molar-refractivity contribution in [2.45, 2.75) is 31.2 Å². The van der Waals surface area contributed by atoms with E-state index >= 15 is 0 Å². The standard InChI is InChI=1S/C13H22FN3O2S/c1-10(2)17(3)8-4-7-16-20(18,19)13-6-5-11(15)9-12(13)14/h5-6,9-10,16H,4,7-8,15H2,1-3H3. The Bertz CT molecular complexity index is 547. The molecule has 0 spiro atoms. The predicted molar refractivity (Wildman–Crippen MR) is 78.4 cm³/mol. The molecule has 5 nitrogen and oxygen atoms in total. The van der Waals surface area contributed by atoms with Gasteiger partial charge in [-0.1, -0.05) is 0 Å². The average molecular weight is 303 g/mol. The summed E-state index contributed by atoms with van der Waals surface area (Å²) in [7, 11) is -1.85. The Labute approximate surface area is 120 Å². The SMILES string of the molecule is CC(C)N(C)CCCNS(=O)(=O)c1ccc(N)cc1F. The van der Waals surface area contributed by atoms with E-state index in [1.165, 1.54) is 12.1 Å². The van der Waals surface area contributed by atoms with Crippen LogP contribution < -0.4 is 10.5 Å². The number of halogens is 1. The van der Waals surface area contributed by atoms with Crippen molar-refractivity contribution in [2.24, 2.45) is 0 Å². The number of benzene rings is 1. The first kappa shape index (κ1) is 16.9. The molecule has 0 aliphatic heterocycles. The Morgan fingerprint density at radius 2 is 2.05 bits per heavy atom. The second kappa shape index (κ2) is 7.01. The topological polar surface area (TPSA) is 75.4 Å². The van der Waals surface area contributed by atoms with Gasteiger partial charge >= 0.3 is 0 Å².